The smallest absolute Gasteiger partial charge is 0.194 e. The molecule has 0 saturated heterocycles. The Bertz CT molecular complexity index is 2370. The van der Waals surface area contributed by atoms with Gasteiger partial charge in [0.2, 0.25) is 0 Å². The number of hydrogen-bond donors (Lipinski definition) is 0. The molecule has 0 amide bonds. The number of hydrogen-bond acceptors (Lipinski definition) is 4. The zero-order valence-electron chi connectivity index (χ0n) is 25.8. The number of pyridine rings is 1. The molecule has 0 saturated carbocycles. The van der Waals surface area contributed by atoms with Crippen molar-refractivity contribution in [3.63, 3.8) is 0 Å². The zero-order valence-corrected chi connectivity index (χ0v) is 25.8. The molecule has 0 aliphatic heterocycles. The number of ketones is 3. The van der Waals surface area contributed by atoms with Crippen LogP contribution in [0.2, 0.25) is 0 Å². The minimum Gasteiger partial charge on any atom is -0.289 e. The first-order chi connectivity index (χ1) is 23.6. The maximum absolute atomic E-state index is 12.5. The summed E-state index contributed by atoms with van der Waals surface area (Å²) in [5.74, 6) is 0.00602. The number of para-hydroxylation sites is 2. The number of benzene rings is 7. The number of rotatable bonds is 0. The Labute approximate surface area is 277 Å². The highest BCUT2D eigenvalue weighted by atomic mass is 16.1. The summed E-state index contributed by atoms with van der Waals surface area (Å²) in [7, 11) is 0. The maximum atomic E-state index is 12.5. The second kappa shape index (κ2) is 12.0. The van der Waals surface area contributed by atoms with Gasteiger partial charge in [0.1, 0.15) is 0 Å². The molecule has 0 fully saturated rings. The number of aromatic nitrogens is 1. The zero-order chi connectivity index (χ0) is 32.6. The third-order valence-electron chi connectivity index (χ3n) is 8.87. The standard InChI is InChI=1S/C17H10O.C14H8O2.C13H9N/c18-17-14-8-2-1-7-12(14)13-9-3-5-11-6-4-10-15(17)16(11)13;15-13-9-5-1-2-6-10(9)14(16)12-8-4-3-7-11(12)13;1-3-7-12-10(5-1)9-11-6-2-4-8-13(11)14-12/h1-10H;1-8H;1-9H. The van der Waals surface area contributed by atoms with E-state index in [0.717, 1.165) is 38.5 Å². The Morgan fingerprint density at radius 2 is 0.625 bits per heavy atom. The van der Waals surface area contributed by atoms with Crippen molar-refractivity contribution >= 4 is 49.9 Å². The van der Waals surface area contributed by atoms with Crippen LogP contribution in [0.3, 0.4) is 0 Å². The van der Waals surface area contributed by atoms with E-state index in [1.807, 2.05) is 78.9 Å². The molecule has 4 heteroatoms. The lowest BCUT2D eigenvalue weighted by Crippen LogP contribution is -2.20. The fourth-order valence-electron chi connectivity index (χ4n) is 6.58. The monoisotopic (exact) mass is 617 g/mol. The molecular weight excluding hydrogens is 590 g/mol. The van der Waals surface area contributed by atoms with Crippen LogP contribution in [-0.2, 0) is 0 Å². The Morgan fingerprint density at radius 3 is 1.12 bits per heavy atom. The van der Waals surface area contributed by atoms with Gasteiger partial charge < -0.3 is 0 Å². The molecule has 0 atom stereocenters. The van der Waals surface area contributed by atoms with Crippen LogP contribution in [0.4, 0.5) is 0 Å². The summed E-state index contributed by atoms with van der Waals surface area (Å²) >= 11 is 0. The van der Waals surface area contributed by atoms with E-state index >= 15 is 0 Å². The van der Waals surface area contributed by atoms with E-state index in [9.17, 15) is 14.4 Å². The highest BCUT2D eigenvalue weighted by molar-refractivity contribution is 6.28. The van der Waals surface area contributed by atoms with Crippen LogP contribution in [0.15, 0.2) is 164 Å². The average Bonchev–Trinajstić information content (AvgIpc) is 3.15. The Morgan fingerprint density at radius 1 is 0.292 bits per heavy atom. The largest absolute Gasteiger partial charge is 0.289 e. The molecule has 0 N–H and O–H groups in total. The summed E-state index contributed by atoms with van der Waals surface area (Å²) in [5, 5.41) is 4.62. The second-order valence-corrected chi connectivity index (χ2v) is 11.7. The van der Waals surface area contributed by atoms with Gasteiger partial charge in [-0.05, 0) is 34.7 Å². The molecule has 0 radical (unpaired) electrons. The number of carbonyl (C=O) groups is 3. The van der Waals surface area contributed by atoms with Crippen LogP contribution >= 0.6 is 0 Å². The van der Waals surface area contributed by atoms with Gasteiger partial charge in [0.05, 0.1) is 11.0 Å². The summed E-state index contributed by atoms with van der Waals surface area (Å²) in [4.78, 5) is 41.3. The van der Waals surface area contributed by atoms with E-state index in [0.29, 0.717) is 22.3 Å². The van der Waals surface area contributed by atoms with Crippen LogP contribution in [0, 0.1) is 0 Å². The van der Waals surface area contributed by atoms with Crippen molar-refractivity contribution in [2.45, 2.75) is 0 Å². The molecule has 1 aromatic heterocycles. The van der Waals surface area contributed by atoms with Crippen LogP contribution in [0.5, 0.6) is 0 Å². The van der Waals surface area contributed by atoms with Gasteiger partial charge in [-0.25, -0.2) is 4.98 Å². The lowest BCUT2D eigenvalue weighted by atomic mass is 9.83. The SMILES string of the molecule is O=C1c2ccccc2-c2cccc3cccc1c23.O=C1c2ccccc2C(=O)c2ccccc21.c1ccc2nc3ccccc3cc2c1. The van der Waals surface area contributed by atoms with Gasteiger partial charge in [0.15, 0.2) is 17.3 Å². The van der Waals surface area contributed by atoms with Crippen molar-refractivity contribution in [2.24, 2.45) is 0 Å². The molecule has 8 aromatic rings. The van der Waals surface area contributed by atoms with E-state index in [4.69, 9.17) is 0 Å². The lowest BCUT2D eigenvalue weighted by molar-refractivity contribution is 0.0979. The molecule has 7 aromatic carbocycles. The predicted molar refractivity (Wildman–Crippen MR) is 192 cm³/mol. The van der Waals surface area contributed by atoms with E-state index in [1.54, 1.807) is 48.5 Å². The summed E-state index contributed by atoms with van der Waals surface area (Å²) in [6.45, 7) is 0. The van der Waals surface area contributed by atoms with Crippen LogP contribution in [-0.4, -0.2) is 22.3 Å². The third-order valence-corrected chi connectivity index (χ3v) is 8.87. The van der Waals surface area contributed by atoms with Gasteiger partial charge in [-0.2, -0.15) is 0 Å². The molecule has 4 nitrogen and oxygen atoms in total. The van der Waals surface area contributed by atoms with Crippen molar-refractivity contribution in [1.82, 2.24) is 4.98 Å². The minimum atomic E-state index is -0.0641. The number of fused-ring (bicyclic) bond motifs is 6. The lowest BCUT2D eigenvalue weighted by Gasteiger charge is -2.19. The van der Waals surface area contributed by atoms with E-state index in [2.05, 4.69) is 41.4 Å². The van der Waals surface area contributed by atoms with Crippen molar-refractivity contribution < 1.29 is 14.4 Å². The average molecular weight is 618 g/mol. The predicted octanol–water partition coefficient (Wildman–Crippen LogP) is 9.90. The van der Waals surface area contributed by atoms with Crippen LogP contribution < -0.4 is 0 Å². The first-order valence-corrected chi connectivity index (χ1v) is 15.8. The molecule has 0 bridgehead atoms. The molecule has 2 aliphatic carbocycles. The van der Waals surface area contributed by atoms with E-state index < -0.39 is 0 Å². The maximum Gasteiger partial charge on any atom is 0.194 e. The molecule has 10 rings (SSSR count). The Kier molecular flexibility index (Phi) is 7.24. The molecule has 2 aliphatic rings. The molecule has 226 valence electrons. The van der Waals surface area contributed by atoms with Crippen LogP contribution in [0.1, 0.15) is 47.8 Å². The molecule has 1 heterocycles. The van der Waals surface area contributed by atoms with Gasteiger partial charge in [0.25, 0.3) is 0 Å². The summed E-state index contributed by atoms with van der Waals surface area (Å²) in [6, 6.07) is 52.4. The Hall–Kier alpha value is -6.52. The third kappa shape index (κ3) is 4.97. The summed E-state index contributed by atoms with van der Waals surface area (Å²) in [6.07, 6.45) is 0. The van der Waals surface area contributed by atoms with Crippen molar-refractivity contribution in [3.8, 4) is 11.1 Å². The summed E-state index contributed by atoms with van der Waals surface area (Å²) in [5.41, 5.74) is 7.99. The number of nitrogens with zero attached hydrogens (tertiary/aromatic N) is 1. The highest BCUT2D eigenvalue weighted by Crippen LogP contribution is 2.39. The van der Waals surface area contributed by atoms with Crippen molar-refractivity contribution in [3.05, 3.63) is 197 Å². The van der Waals surface area contributed by atoms with Crippen molar-refractivity contribution in [1.29, 1.82) is 0 Å². The van der Waals surface area contributed by atoms with Gasteiger partial charge >= 0.3 is 0 Å². The van der Waals surface area contributed by atoms with Gasteiger partial charge in [-0.1, -0.05) is 146 Å². The first-order valence-electron chi connectivity index (χ1n) is 15.8. The van der Waals surface area contributed by atoms with E-state index in [1.165, 1.54) is 16.3 Å². The quantitative estimate of drug-likeness (QED) is 0.159. The summed E-state index contributed by atoms with van der Waals surface area (Å²) < 4.78 is 0. The normalized spacial score (nSPS) is 12.3. The van der Waals surface area contributed by atoms with E-state index in [-0.39, 0.29) is 17.3 Å². The molecule has 48 heavy (non-hydrogen) atoms. The fourth-order valence-corrected chi connectivity index (χ4v) is 6.58. The topological polar surface area (TPSA) is 64.1 Å². The van der Waals surface area contributed by atoms with Gasteiger partial charge in [-0.15, -0.1) is 0 Å². The molecule has 0 spiro atoms. The highest BCUT2D eigenvalue weighted by Gasteiger charge is 2.28. The number of carbonyl (C=O) groups excluding carboxylic acids is 3. The molecule has 0 unspecified atom stereocenters. The minimum absolute atomic E-state index is 0.0641. The van der Waals surface area contributed by atoms with Crippen LogP contribution in [0.25, 0.3) is 43.7 Å². The van der Waals surface area contributed by atoms with Gasteiger partial charge in [0, 0.05) is 49.5 Å². The Balaban J connectivity index is 0.000000106. The van der Waals surface area contributed by atoms with Gasteiger partial charge in [-0.3, -0.25) is 14.4 Å². The molecular formula is C44H27NO3. The second-order valence-electron chi connectivity index (χ2n) is 11.7. The van der Waals surface area contributed by atoms with Crippen molar-refractivity contribution in [2.75, 3.05) is 0 Å². The first kappa shape index (κ1) is 28.9. The fraction of sp³-hybridized carbons (Fsp3) is 0.